The molecule has 5 rings (SSSR count). The van der Waals surface area contributed by atoms with Crippen molar-refractivity contribution in [3.63, 3.8) is 0 Å². The number of thiazole rings is 1. The van der Waals surface area contributed by atoms with E-state index in [-0.39, 0.29) is 11.6 Å². The first-order valence-electron chi connectivity index (χ1n) is 7.70. The molecule has 4 aromatic rings. The molecule has 0 amide bonds. The minimum absolute atomic E-state index is 0.133. The first kappa shape index (κ1) is 13.6. The summed E-state index contributed by atoms with van der Waals surface area (Å²) in [7, 11) is 0. The minimum atomic E-state index is -0.803. The van der Waals surface area contributed by atoms with Gasteiger partial charge in [0.05, 0.1) is 10.2 Å². The summed E-state index contributed by atoms with van der Waals surface area (Å²) in [4.78, 5) is 30.5. The average molecular weight is 329 g/mol. The molecule has 24 heavy (non-hydrogen) atoms. The Morgan fingerprint density at radius 2 is 1.62 bits per heavy atom. The molecule has 0 bridgehead atoms. The van der Waals surface area contributed by atoms with E-state index in [0.717, 1.165) is 21.0 Å². The van der Waals surface area contributed by atoms with Crippen molar-refractivity contribution in [1.29, 1.82) is 0 Å². The third-order valence-electron chi connectivity index (χ3n) is 4.52. The molecule has 1 aromatic heterocycles. The Bertz CT molecular complexity index is 1130. The van der Waals surface area contributed by atoms with Gasteiger partial charge in [-0.25, -0.2) is 4.98 Å². The van der Waals surface area contributed by atoms with Gasteiger partial charge in [0.25, 0.3) is 0 Å². The highest BCUT2D eigenvalue weighted by Crippen LogP contribution is 2.40. The van der Waals surface area contributed by atoms with E-state index >= 15 is 0 Å². The number of para-hydroxylation sites is 1. The van der Waals surface area contributed by atoms with Crippen LogP contribution in [-0.2, 0) is 0 Å². The molecule has 0 N–H and O–H groups in total. The van der Waals surface area contributed by atoms with E-state index in [1.807, 2.05) is 54.6 Å². The van der Waals surface area contributed by atoms with Gasteiger partial charge in [0, 0.05) is 11.1 Å². The lowest BCUT2D eigenvalue weighted by atomic mass is 10.00. The van der Waals surface area contributed by atoms with Gasteiger partial charge in [0.1, 0.15) is 10.9 Å². The van der Waals surface area contributed by atoms with Crippen LogP contribution in [0.15, 0.2) is 60.7 Å². The number of Topliss-reactive ketones (excluding diaryl/α,β-unsaturated/α-hetero) is 2. The Hall–Kier alpha value is -2.85. The van der Waals surface area contributed by atoms with Gasteiger partial charge >= 0.3 is 0 Å². The zero-order valence-electron chi connectivity index (χ0n) is 12.5. The van der Waals surface area contributed by atoms with E-state index < -0.39 is 5.92 Å². The topological polar surface area (TPSA) is 47.0 Å². The van der Waals surface area contributed by atoms with Crippen LogP contribution in [0.3, 0.4) is 0 Å². The number of nitrogens with zero attached hydrogens (tertiary/aromatic N) is 1. The molecule has 0 spiro atoms. The van der Waals surface area contributed by atoms with Gasteiger partial charge < -0.3 is 0 Å². The van der Waals surface area contributed by atoms with Crippen LogP contribution in [-0.4, -0.2) is 16.6 Å². The van der Waals surface area contributed by atoms with E-state index in [2.05, 4.69) is 4.98 Å². The molecule has 1 aliphatic carbocycles. The van der Waals surface area contributed by atoms with Crippen LogP contribution in [0, 0.1) is 0 Å². The molecule has 3 aromatic carbocycles. The summed E-state index contributed by atoms with van der Waals surface area (Å²) in [5, 5.41) is 2.41. The van der Waals surface area contributed by atoms with Crippen molar-refractivity contribution in [2.24, 2.45) is 0 Å². The number of rotatable bonds is 1. The van der Waals surface area contributed by atoms with Crippen molar-refractivity contribution in [3.05, 3.63) is 76.8 Å². The predicted molar refractivity (Wildman–Crippen MR) is 95.0 cm³/mol. The number of carbonyl (C=O) groups excluding carboxylic acids is 2. The summed E-state index contributed by atoms with van der Waals surface area (Å²) in [5.74, 6) is -1.08. The zero-order valence-corrected chi connectivity index (χ0v) is 13.3. The number of hydrogen-bond acceptors (Lipinski definition) is 4. The number of aromatic nitrogens is 1. The van der Waals surface area contributed by atoms with Crippen molar-refractivity contribution in [2.45, 2.75) is 5.92 Å². The summed E-state index contributed by atoms with van der Waals surface area (Å²) >= 11 is 1.43. The zero-order chi connectivity index (χ0) is 16.3. The third-order valence-corrected chi connectivity index (χ3v) is 5.62. The fourth-order valence-corrected chi connectivity index (χ4v) is 4.47. The number of benzene rings is 3. The molecule has 1 aliphatic rings. The smallest absolute Gasteiger partial charge is 0.181 e. The lowest BCUT2D eigenvalue weighted by Gasteiger charge is -2.03. The maximum Gasteiger partial charge on any atom is 0.181 e. The molecule has 0 radical (unpaired) electrons. The Labute approximate surface area is 141 Å². The normalized spacial score (nSPS) is 16.9. The molecule has 0 unspecified atom stereocenters. The Morgan fingerprint density at radius 1 is 0.833 bits per heavy atom. The first-order valence-corrected chi connectivity index (χ1v) is 8.51. The van der Waals surface area contributed by atoms with Gasteiger partial charge in [-0.05, 0) is 29.0 Å². The van der Waals surface area contributed by atoms with Crippen LogP contribution in [0.1, 0.15) is 31.6 Å². The molecule has 114 valence electrons. The van der Waals surface area contributed by atoms with Crippen molar-refractivity contribution >= 4 is 43.9 Å². The Morgan fingerprint density at radius 3 is 2.50 bits per heavy atom. The maximum atomic E-state index is 13.0. The second kappa shape index (κ2) is 4.82. The van der Waals surface area contributed by atoms with E-state index in [1.165, 1.54) is 11.3 Å². The van der Waals surface area contributed by atoms with E-state index in [9.17, 15) is 9.59 Å². The highest BCUT2D eigenvalue weighted by atomic mass is 32.1. The Balaban J connectivity index is 1.73. The fraction of sp³-hybridized carbons (Fsp3) is 0.0500. The molecule has 1 heterocycles. The van der Waals surface area contributed by atoms with Crippen LogP contribution in [0.25, 0.3) is 21.0 Å². The van der Waals surface area contributed by atoms with Crippen LogP contribution in [0.5, 0.6) is 0 Å². The van der Waals surface area contributed by atoms with Crippen molar-refractivity contribution in [2.75, 3.05) is 0 Å². The average Bonchev–Trinajstić information content (AvgIpc) is 3.14. The maximum absolute atomic E-state index is 13.0. The fourth-order valence-electron chi connectivity index (χ4n) is 3.40. The summed E-state index contributed by atoms with van der Waals surface area (Å²) < 4.78 is 0.994. The Kier molecular flexibility index (Phi) is 2.73. The van der Waals surface area contributed by atoms with E-state index in [0.29, 0.717) is 16.1 Å². The lowest BCUT2D eigenvalue weighted by molar-refractivity contribution is 0.0890. The van der Waals surface area contributed by atoms with Crippen LogP contribution in [0.2, 0.25) is 0 Å². The van der Waals surface area contributed by atoms with Gasteiger partial charge in [0.15, 0.2) is 11.6 Å². The highest BCUT2D eigenvalue weighted by molar-refractivity contribution is 7.18. The van der Waals surface area contributed by atoms with Crippen molar-refractivity contribution in [3.8, 4) is 0 Å². The quantitative estimate of drug-likeness (QED) is 0.479. The SMILES string of the molecule is O=C1c2ccc3ccccc3c2C(=O)[C@@H]1c1nc2ccccc2s1. The van der Waals surface area contributed by atoms with Crippen LogP contribution >= 0.6 is 11.3 Å². The van der Waals surface area contributed by atoms with Gasteiger partial charge in [-0.2, -0.15) is 0 Å². The monoisotopic (exact) mass is 329 g/mol. The molecule has 0 fully saturated rings. The predicted octanol–water partition coefficient (Wildman–Crippen LogP) is 4.61. The van der Waals surface area contributed by atoms with Crippen LogP contribution < -0.4 is 0 Å². The minimum Gasteiger partial charge on any atom is -0.293 e. The molecule has 0 saturated carbocycles. The van der Waals surface area contributed by atoms with Gasteiger partial charge in [-0.3, -0.25) is 9.59 Å². The van der Waals surface area contributed by atoms with Crippen molar-refractivity contribution in [1.82, 2.24) is 4.98 Å². The number of hydrogen-bond donors (Lipinski definition) is 0. The number of carbonyl (C=O) groups is 2. The van der Waals surface area contributed by atoms with Crippen molar-refractivity contribution < 1.29 is 9.59 Å². The third kappa shape index (κ3) is 1.74. The lowest BCUT2D eigenvalue weighted by Crippen LogP contribution is -2.12. The molecule has 0 saturated heterocycles. The molecule has 4 heteroatoms. The summed E-state index contributed by atoms with van der Waals surface area (Å²) in [6.45, 7) is 0. The van der Waals surface area contributed by atoms with Gasteiger partial charge in [0.2, 0.25) is 0 Å². The van der Waals surface area contributed by atoms with E-state index in [4.69, 9.17) is 0 Å². The molecule has 3 nitrogen and oxygen atoms in total. The van der Waals surface area contributed by atoms with E-state index in [1.54, 1.807) is 6.07 Å². The molecule has 1 atom stereocenters. The highest BCUT2D eigenvalue weighted by Gasteiger charge is 2.42. The second-order valence-electron chi connectivity index (χ2n) is 5.89. The molecule has 0 aliphatic heterocycles. The summed E-state index contributed by atoms with van der Waals surface area (Å²) in [5.41, 5.74) is 1.89. The van der Waals surface area contributed by atoms with Crippen LogP contribution in [0.4, 0.5) is 0 Å². The summed E-state index contributed by atoms with van der Waals surface area (Å²) in [6.07, 6.45) is 0. The largest absolute Gasteiger partial charge is 0.293 e. The van der Waals surface area contributed by atoms with Gasteiger partial charge in [-0.15, -0.1) is 11.3 Å². The first-order chi connectivity index (χ1) is 11.7. The van der Waals surface area contributed by atoms with Gasteiger partial charge in [-0.1, -0.05) is 42.5 Å². The molecular formula is C20H11NO2S. The standard InChI is InChI=1S/C20H11NO2S/c22-18-13-10-9-11-5-1-2-6-12(11)16(13)19(23)17(18)20-21-14-7-3-4-8-15(14)24-20/h1-10,17H/t17-/m1/s1. The second-order valence-corrected chi connectivity index (χ2v) is 6.95. The number of ketones is 2. The molecular weight excluding hydrogens is 318 g/mol. The summed E-state index contributed by atoms with van der Waals surface area (Å²) in [6, 6.07) is 19.1. The number of fused-ring (bicyclic) bond motifs is 4.